The lowest BCUT2D eigenvalue weighted by atomic mass is 9.86. The second kappa shape index (κ2) is 5.95. The van der Waals surface area contributed by atoms with Gasteiger partial charge in [-0.15, -0.1) is 0 Å². The van der Waals surface area contributed by atoms with Gasteiger partial charge in [0.05, 0.1) is 18.0 Å². The molecule has 0 saturated carbocycles. The van der Waals surface area contributed by atoms with Gasteiger partial charge >= 0.3 is 0 Å². The number of benzene rings is 1. The monoisotopic (exact) mass is 336 g/mol. The molecular formula is C19H20N4O2. The van der Waals surface area contributed by atoms with Crippen molar-refractivity contribution >= 4 is 17.5 Å². The van der Waals surface area contributed by atoms with Gasteiger partial charge < -0.3 is 9.80 Å². The Bertz CT molecular complexity index is 806. The molecule has 1 spiro atoms. The Labute approximate surface area is 146 Å². The molecule has 25 heavy (non-hydrogen) atoms. The minimum absolute atomic E-state index is 0.0343. The van der Waals surface area contributed by atoms with Crippen molar-refractivity contribution in [2.24, 2.45) is 5.41 Å². The van der Waals surface area contributed by atoms with E-state index in [0.29, 0.717) is 31.6 Å². The quantitative estimate of drug-likeness (QED) is 0.842. The molecule has 0 aliphatic carbocycles. The molecule has 2 saturated heterocycles. The third-order valence-electron chi connectivity index (χ3n) is 5.22. The van der Waals surface area contributed by atoms with E-state index in [2.05, 4.69) is 10.2 Å². The number of anilines is 1. The van der Waals surface area contributed by atoms with E-state index in [0.717, 1.165) is 12.1 Å². The highest BCUT2D eigenvalue weighted by Crippen LogP contribution is 2.42. The number of hydrogen-bond acceptors (Lipinski definition) is 4. The van der Waals surface area contributed by atoms with Crippen LogP contribution in [0, 0.1) is 12.3 Å². The molecule has 1 aromatic carbocycles. The Balaban J connectivity index is 1.50. The number of aromatic nitrogens is 2. The summed E-state index contributed by atoms with van der Waals surface area (Å²) in [6, 6.07) is 9.71. The van der Waals surface area contributed by atoms with Crippen molar-refractivity contribution in [3.63, 3.8) is 0 Å². The Morgan fingerprint density at radius 1 is 1.12 bits per heavy atom. The van der Waals surface area contributed by atoms with Crippen molar-refractivity contribution in [2.45, 2.75) is 19.8 Å². The molecular weight excluding hydrogens is 316 g/mol. The maximum absolute atomic E-state index is 12.6. The van der Waals surface area contributed by atoms with E-state index in [1.165, 1.54) is 18.0 Å². The van der Waals surface area contributed by atoms with Crippen LogP contribution in [-0.4, -0.2) is 46.5 Å². The number of likely N-dealkylation sites (tertiary alicyclic amines) is 1. The number of nitrogens with zero attached hydrogens (tertiary/aromatic N) is 4. The minimum atomic E-state index is -0.141. The fourth-order valence-electron chi connectivity index (χ4n) is 3.84. The zero-order valence-corrected chi connectivity index (χ0v) is 14.2. The standard InChI is InChI=1S/C19H20N4O2/c1-14-2-4-16(5-3-14)23-13-19(10-17(23)24)7-9-22(12-19)18(25)15-6-8-20-21-11-15/h2-6,8,11H,7,9-10,12-13H2,1H3. The van der Waals surface area contributed by atoms with Crippen LogP contribution in [0.5, 0.6) is 0 Å². The molecule has 6 heteroatoms. The topological polar surface area (TPSA) is 66.4 Å². The molecule has 1 unspecified atom stereocenters. The van der Waals surface area contributed by atoms with E-state index < -0.39 is 0 Å². The maximum Gasteiger partial charge on any atom is 0.255 e. The zero-order chi connectivity index (χ0) is 17.4. The van der Waals surface area contributed by atoms with Crippen molar-refractivity contribution in [2.75, 3.05) is 24.5 Å². The lowest BCUT2D eigenvalue weighted by Crippen LogP contribution is -2.34. The molecule has 2 amide bonds. The van der Waals surface area contributed by atoms with Crippen molar-refractivity contribution < 1.29 is 9.59 Å². The Morgan fingerprint density at radius 3 is 2.64 bits per heavy atom. The van der Waals surface area contributed by atoms with Crippen molar-refractivity contribution in [1.82, 2.24) is 15.1 Å². The van der Waals surface area contributed by atoms with Gasteiger partial charge in [-0.3, -0.25) is 9.59 Å². The molecule has 4 rings (SSSR count). The number of carbonyl (C=O) groups excluding carboxylic acids is 2. The van der Waals surface area contributed by atoms with Gasteiger partial charge in [0.2, 0.25) is 5.91 Å². The van der Waals surface area contributed by atoms with E-state index >= 15 is 0 Å². The zero-order valence-electron chi connectivity index (χ0n) is 14.2. The maximum atomic E-state index is 12.6. The fourth-order valence-corrected chi connectivity index (χ4v) is 3.84. The minimum Gasteiger partial charge on any atom is -0.338 e. The van der Waals surface area contributed by atoms with Crippen LogP contribution in [0.3, 0.4) is 0 Å². The molecule has 2 aliphatic heterocycles. The highest BCUT2D eigenvalue weighted by atomic mass is 16.2. The molecule has 2 fully saturated rings. The first-order valence-electron chi connectivity index (χ1n) is 8.49. The van der Waals surface area contributed by atoms with Crippen LogP contribution in [-0.2, 0) is 4.79 Å². The molecule has 3 heterocycles. The first-order valence-corrected chi connectivity index (χ1v) is 8.49. The van der Waals surface area contributed by atoms with Gasteiger partial charge in [0.25, 0.3) is 5.91 Å². The number of aryl methyl sites for hydroxylation is 1. The molecule has 0 bridgehead atoms. The van der Waals surface area contributed by atoms with Crippen LogP contribution in [0.1, 0.15) is 28.8 Å². The van der Waals surface area contributed by atoms with Crippen LogP contribution in [0.25, 0.3) is 0 Å². The van der Waals surface area contributed by atoms with E-state index in [1.54, 1.807) is 6.07 Å². The van der Waals surface area contributed by atoms with Gasteiger partial charge in [-0.05, 0) is 31.5 Å². The summed E-state index contributed by atoms with van der Waals surface area (Å²) in [5.41, 5.74) is 2.52. The average Bonchev–Trinajstić information content (AvgIpc) is 3.19. The number of amides is 2. The summed E-state index contributed by atoms with van der Waals surface area (Å²) in [5.74, 6) is 0.108. The number of hydrogen-bond donors (Lipinski definition) is 0. The summed E-state index contributed by atoms with van der Waals surface area (Å²) in [7, 11) is 0. The highest BCUT2D eigenvalue weighted by molar-refractivity contribution is 5.97. The summed E-state index contributed by atoms with van der Waals surface area (Å²) in [5, 5.41) is 7.49. The lowest BCUT2D eigenvalue weighted by molar-refractivity contribution is -0.117. The molecule has 2 aromatic rings. The van der Waals surface area contributed by atoms with Gasteiger partial charge in [0, 0.05) is 37.2 Å². The smallest absolute Gasteiger partial charge is 0.255 e. The molecule has 0 N–H and O–H groups in total. The first kappa shape index (κ1) is 15.7. The predicted octanol–water partition coefficient (Wildman–Crippen LogP) is 2.05. The van der Waals surface area contributed by atoms with Crippen LogP contribution < -0.4 is 4.90 Å². The molecule has 2 aliphatic rings. The van der Waals surface area contributed by atoms with Crippen LogP contribution in [0.4, 0.5) is 5.69 Å². The first-order chi connectivity index (χ1) is 12.1. The SMILES string of the molecule is Cc1ccc(N2CC3(CCN(C(=O)c4ccnnc4)C3)CC2=O)cc1. The van der Waals surface area contributed by atoms with E-state index in [4.69, 9.17) is 0 Å². The number of rotatable bonds is 2. The molecule has 0 radical (unpaired) electrons. The summed E-state index contributed by atoms with van der Waals surface area (Å²) >= 11 is 0. The highest BCUT2D eigenvalue weighted by Gasteiger charge is 2.48. The Hall–Kier alpha value is -2.76. The third kappa shape index (κ3) is 2.88. The second-order valence-electron chi connectivity index (χ2n) is 7.10. The van der Waals surface area contributed by atoms with Crippen molar-refractivity contribution in [1.29, 1.82) is 0 Å². The molecule has 1 atom stereocenters. The lowest BCUT2D eigenvalue weighted by Gasteiger charge is -2.24. The van der Waals surface area contributed by atoms with Gasteiger partial charge in [0.15, 0.2) is 0 Å². The molecule has 128 valence electrons. The normalized spacial score (nSPS) is 22.8. The summed E-state index contributed by atoms with van der Waals surface area (Å²) in [4.78, 5) is 28.9. The summed E-state index contributed by atoms with van der Waals surface area (Å²) in [6.45, 7) is 4.00. The average molecular weight is 336 g/mol. The second-order valence-corrected chi connectivity index (χ2v) is 7.10. The number of carbonyl (C=O) groups is 2. The van der Waals surface area contributed by atoms with E-state index in [-0.39, 0.29) is 17.2 Å². The van der Waals surface area contributed by atoms with Gasteiger partial charge in [-0.2, -0.15) is 10.2 Å². The van der Waals surface area contributed by atoms with Gasteiger partial charge in [-0.1, -0.05) is 17.7 Å². The van der Waals surface area contributed by atoms with E-state index in [1.807, 2.05) is 41.0 Å². The van der Waals surface area contributed by atoms with Crippen LogP contribution in [0.15, 0.2) is 42.7 Å². The van der Waals surface area contributed by atoms with Gasteiger partial charge in [-0.25, -0.2) is 0 Å². The molecule has 1 aromatic heterocycles. The van der Waals surface area contributed by atoms with Crippen LogP contribution >= 0.6 is 0 Å². The third-order valence-corrected chi connectivity index (χ3v) is 5.22. The molecule has 6 nitrogen and oxygen atoms in total. The largest absolute Gasteiger partial charge is 0.338 e. The Morgan fingerprint density at radius 2 is 1.92 bits per heavy atom. The fraction of sp³-hybridized carbons (Fsp3) is 0.368. The van der Waals surface area contributed by atoms with Crippen molar-refractivity contribution in [3.8, 4) is 0 Å². The van der Waals surface area contributed by atoms with E-state index in [9.17, 15) is 9.59 Å². The summed E-state index contributed by atoms with van der Waals surface area (Å²) < 4.78 is 0. The summed E-state index contributed by atoms with van der Waals surface area (Å²) in [6.07, 6.45) is 4.37. The van der Waals surface area contributed by atoms with Crippen molar-refractivity contribution in [3.05, 3.63) is 53.9 Å². The predicted molar refractivity (Wildman–Crippen MR) is 93.1 cm³/mol. The van der Waals surface area contributed by atoms with Gasteiger partial charge in [0.1, 0.15) is 0 Å². The van der Waals surface area contributed by atoms with Crippen LogP contribution in [0.2, 0.25) is 0 Å². The Kier molecular flexibility index (Phi) is 3.75.